The highest BCUT2D eigenvalue weighted by molar-refractivity contribution is 6.42. The Morgan fingerprint density at radius 3 is 2.44 bits per heavy atom. The number of aromatic amines is 1. The van der Waals surface area contributed by atoms with Gasteiger partial charge in [-0.3, -0.25) is 9.69 Å². The number of nitrogens with one attached hydrogen (secondary N) is 1. The maximum Gasteiger partial charge on any atom is 0.223 e. The molecule has 5 rings (SSSR count). The lowest BCUT2D eigenvalue weighted by molar-refractivity contribution is -0.133. The predicted molar refractivity (Wildman–Crippen MR) is 150 cm³/mol. The van der Waals surface area contributed by atoms with Gasteiger partial charge in [-0.15, -0.1) is 0 Å². The van der Waals surface area contributed by atoms with Crippen molar-refractivity contribution in [2.45, 2.75) is 12.3 Å². The Morgan fingerprint density at radius 1 is 0.917 bits per heavy atom. The van der Waals surface area contributed by atoms with E-state index < -0.39 is 0 Å². The van der Waals surface area contributed by atoms with Crippen LogP contribution in [0.1, 0.15) is 29.0 Å². The van der Waals surface area contributed by atoms with Crippen LogP contribution in [0.3, 0.4) is 0 Å². The first-order chi connectivity index (χ1) is 17.6. The van der Waals surface area contributed by atoms with E-state index in [2.05, 4.69) is 46.3 Å². The Hall–Kier alpha value is -3.05. The molecule has 1 unspecified atom stereocenters. The van der Waals surface area contributed by atoms with E-state index in [4.69, 9.17) is 23.2 Å². The highest BCUT2D eigenvalue weighted by Gasteiger charge is 2.27. The summed E-state index contributed by atoms with van der Waals surface area (Å²) in [5.74, 6) is 0.0473. The molecule has 0 spiro atoms. The number of carbonyl (C=O) groups is 1. The molecule has 4 aromatic rings. The molecule has 0 radical (unpaired) electrons. The third-order valence-corrected chi connectivity index (χ3v) is 7.66. The second kappa shape index (κ2) is 11.3. The highest BCUT2D eigenvalue weighted by Crippen LogP contribution is 2.36. The third kappa shape index (κ3) is 5.67. The van der Waals surface area contributed by atoms with Gasteiger partial charge in [-0.25, -0.2) is 0 Å². The zero-order chi connectivity index (χ0) is 24.9. The molecule has 184 valence electrons. The lowest BCUT2D eigenvalue weighted by Gasteiger charge is -2.35. The SMILES string of the molecule is O=C(CC(c1ccc(Cl)c(Cl)c1)c1c[nH]c2ccccc12)N1CCN(C/C=C/c2ccccc2)CC1. The fourth-order valence-corrected chi connectivity index (χ4v) is 5.21. The van der Waals surface area contributed by atoms with Crippen LogP contribution in [0.4, 0.5) is 0 Å². The van der Waals surface area contributed by atoms with Crippen LogP contribution < -0.4 is 0 Å². The number of fused-ring (bicyclic) bond motifs is 1. The van der Waals surface area contributed by atoms with Crippen LogP contribution in [-0.4, -0.2) is 53.4 Å². The fourth-order valence-electron chi connectivity index (χ4n) is 4.90. The van der Waals surface area contributed by atoms with Crippen LogP contribution in [0.2, 0.25) is 10.0 Å². The quantitative estimate of drug-likeness (QED) is 0.291. The summed E-state index contributed by atoms with van der Waals surface area (Å²) in [6, 6.07) is 24.2. The average Bonchev–Trinajstić information content (AvgIpc) is 3.34. The van der Waals surface area contributed by atoms with E-state index in [1.807, 2.05) is 59.6 Å². The standard InChI is InChI=1S/C30H29Cl2N3O/c31-27-13-12-23(19-28(27)32)25(26-21-33-29-11-5-4-10-24(26)29)20-30(36)35-17-15-34(16-18-35)14-6-9-22-7-2-1-3-8-22/h1-13,19,21,25,33H,14-18,20H2/b9-6+. The van der Waals surface area contributed by atoms with Crippen molar-refractivity contribution in [3.8, 4) is 0 Å². The molecule has 4 nitrogen and oxygen atoms in total. The topological polar surface area (TPSA) is 39.3 Å². The molecule has 0 saturated carbocycles. The molecular formula is C30H29Cl2N3O. The smallest absolute Gasteiger partial charge is 0.223 e. The molecule has 0 bridgehead atoms. The second-order valence-electron chi connectivity index (χ2n) is 9.21. The molecule has 1 aromatic heterocycles. The lowest BCUT2D eigenvalue weighted by Crippen LogP contribution is -2.48. The largest absolute Gasteiger partial charge is 0.361 e. The number of nitrogens with zero attached hydrogens (tertiary/aromatic N) is 2. The molecule has 1 aliphatic rings. The number of benzene rings is 3. The van der Waals surface area contributed by atoms with Crippen LogP contribution in [0, 0.1) is 0 Å². The molecular weight excluding hydrogens is 489 g/mol. The number of carbonyl (C=O) groups excluding carboxylic acids is 1. The second-order valence-corrected chi connectivity index (χ2v) is 10.0. The van der Waals surface area contributed by atoms with Crippen molar-refractivity contribution in [1.82, 2.24) is 14.8 Å². The molecule has 6 heteroatoms. The van der Waals surface area contributed by atoms with Crippen molar-refractivity contribution in [3.63, 3.8) is 0 Å². The van der Waals surface area contributed by atoms with E-state index in [0.29, 0.717) is 16.5 Å². The first-order valence-electron chi connectivity index (χ1n) is 12.3. The van der Waals surface area contributed by atoms with Crippen LogP contribution in [0.5, 0.6) is 0 Å². The van der Waals surface area contributed by atoms with E-state index in [0.717, 1.165) is 54.8 Å². The van der Waals surface area contributed by atoms with Crippen LogP contribution in [-0.2, 0) is 4.79 Å². The van der Waals surface area contributed by atoms with Crippen LogP contribution in [0.15, 0.2) is 85.1 Å². The summed E-state index contributed by atoms with van der Waals surface area (Å²) in [5, 5.41) is 2.14. The Labute approximate surface area is 222 Å². The van der Waals surface area contributed by atoms with Crippen molar-refractivity contribution in [1.29, 1.82) is 0 Å². The Kier molecular flexibility index (Phi) is 7.76. The number of hydrogen-bond donors (Lipinski definition) is 1. The van der Waals surface area contributed by atoms with Crippen LogP contribution in [0.25, 0.3) is 17.0 Å². The molecule has 1 aliphatic heterocycles. The number of halogens is 2. The van der Waals surface area contributed by atoms with Crippen molar-refractivity contribution < 1.29 is 4.79 Å². The number of aromatic nitrogens is 1. The lowest BCUT2D eigenvalue weighted by atomic mass is 9.87. The average molecular weight is 518 g/mol. The number of piperazine rings is 1. The van der Waals surface area contributed by atoms with E-state index in [9.17, 15) is 4.79 Å². The normalized spacial score (nSPS) is 15.6. The molecule has 1 fully saturated rings. The van der Waals surface area contributed by atoms with Gasteiger partial charge >= 0.3 is 0 Å². The Balaban J connectivity index is 1.27. The predicted octanol–water partition coefficient (Wildman–Crippen LogP) is 6.85. The Bertz CT molecular complexity index is 1360. The van der Waals surface area contributed by atoms with Gasteiger partial charge in [-0.2, -0.15) is 0 Å². The van der Waals surface area contributed by atoms with Gasteiger partial charge in [-0.1, -0.05) is 90.0 Å². The summed E-state index contributed by atoms with van der Waals surface area (Å²) >= 11 is 12.6. The van der Waals surface area contributed by atoms with E-state index in [-0.39, 0.29) is 11.8 Å². The minimum Gasteiger partial charge on any atom is -0.361 e. The van der Waals surface area contributed by atoms with Crippen molar-refractivity contribution in [3.05, 3.63) is 112 Å². The van der Waals surface area contributed by atoms with Crippen molar-refractivity contribution in [2.75, 3.05) is 32.7 Å². The van der Waals surface area contributed by atoms with E-state index >= 15 is 0 Å². The van der Waals surface area contributed by atoms with Gasteiger partial charge < -0.3 is 9.88 Å². The summed E-state index contributed by atoms with van der Waals surface area (Å²) < 4.78 is 0. The van der Waals surface area contributed by atoms with Crippen LogP contribution >= 0.6 is 23.2 Å². The van der Waals surface area contributed by atoms with Gasteiger partial charge in [0.05, 0.1) is 10.0 Å². The molecule has 1 N–H and O–H groups in total. The maximum absolute atomic E-state index is 13.5. The number of rotatable bonds is 7. The summed E-state index contributed by atoms with van der Waals surface area (Å²) in [6.45, 7) is 4.10. The molecule has 0 aliphatic carbocycles. The molecule has 2 heterocycles. The first kappa shape index (κ1) is 24.6. The number of H-pyrrole nitrogens is 1. The van der Waals surface area contributed by atoms with Gasteiger partial charge in [0.15, 0.2) is 0 Å². The number of para-hydroxylation sites is 1. The number of amides is 1. The van der Waals surface area contributed by atoms with E-state index in [1.54, 1.807) is 0 Å². The van der Waals surface area contributed by atoms with Gasteiger partial charge in [0.2, 0.25) is 5.91 Å². The van der Waals surface area contributed by atoms with Crippen molar-refractivity contribution >= 4 is 46.1 Å². The zero-order valence-electron chi connectivity index (χ0n) is 20.0. The minimum atomic E-state index is -0.116. The Morgan fingerprint density at radius 2 is 1.67 bits per heavy atom. The van der Waals surface area contributed by atoms with Crippen molar-refractivity contribution in [2.24, 2.45) is 0 Å². The zero-order valence-corrected chi connectivity index (χ0v) is 21.6. The summed E-state index contributed by atoms with van der Waals surface area (Å²) in [5.41, 5.74) is 4.35. The van der Waals surface area contributed by atoms with E-state index in [1.165, 1.54) is 5.56 Å². The number of hydrogen-bond acceptors (Lipinski definition) is 2. The van der Waals surface area contributed by atoms with Gasteiger partial charge in [0.1, 0.15) is 0 Å². The summed E-state index contributed by atoms with van der Waals surface area (Å²) in [6.07, 6.45) is 6.75. The highest BCUT2D eigenvalue weighted by atomic mass is 35.5. The molecule has 36 heavy (non-hydrogen) atoms. The monoisotopic (exact) mass is 517 g/mol. The minimum absolute atomic E-state index is 0.116. The fraction of sp³-hybridized carbons (Fsp3) is 0.233. The summed E-state index contributed by atoms with van der Waals surface area (Å²) in [4.78, 5) is 21.2. The first-order valence-corrected chi connectivity index (χ1v) is 13.1. The molecule has 1 saturated heterocycles. The third-order valence-electron chi connectivity index (χ3n) is 6.92. The maximum atomic E-state index is 13.5. The molecule has 3 aromatic carbocycles. The van der Waals surface area contributed by atoms with Gasteiger partial charge in [-0.05, 0) is 34.9 Å². The summed E-state index contributed by atoms with van der Waals surface area (Å²) in [7, 11) is 0. The van der Waals surface area contributed by atoms with Gasteiger partial charge in [0, 0.05) is 62.2 Å². The molecule has 1 amide bonds. The molecule has 1 atom stereocenters. The van der Waals surface area contributed by atoms with Gasteiger partial charge in [0.25, 0.3) is 0 Å².